The Labute approximate surface area is 196 Å². The lowest BCUT2D eigenvalue weighted by Crippen LogP contribution is -2.26. The molecule has 2 aromatic heterocycles. The second kappa shape index (κ2) is 9.64. The van der Waals surface area contributed by atoms with Crippen molar-refractivity contribution in [3.63, 3.8) is 0 Å². The number of aromatic nitrogens is 3. The molecule has 0 bridgehead atoms. The van der Waals surface area contributed by atoms with Gasteiger partial charge in [-0.05, 0) is 50.6 Å². The van der Waals surface area contributed by atoms with Gasteiger partial charge in [-0.15, -0.1) is 0 Å². The van der Waals surface area contributed by atoms with Gasteiger partial charge in [0.05, 0.1) is 35.0 Å². The molecule has 0 saturated heterocycles. The Morgan fingerprint density at radius 3 is 2.58 bits per heavy atom. The van der Waals surface area contributed by atoms with Crippen molar-refractivity contribution in [2.24, 2.45) is 0 Å². The number of nitrogen functional groups attached to an aromatic ring is 1. The monoisotopic (exact) mass is 467 g/mol. The fourth-order valence-corrected chi connectivity index (χ4v) is 3.87. The molecule has 4 aromatic rings. The molecule has 8 nitrogen and oxygen atoms in total. The van der Waals surface area contributed by atoms with E-state index >= 15 is 0 Å². The molecule has 2 heterocycles. The number of rotatable bonds is 8. The first-order valence-electron chi connectivity index (χ1n) is 10.7. The quantitative estimate of drug-likeness (QED) is 0.373. The van der Waals surface area contributed by atoms with Crippen LogP contribution < -0.4 is 15.8 Å². The van der Waals surface area contributed by atoms with Gasteiger partial charge in [-0.1, -0.05) is 23.7 Å². The number of hydrogen-bond donors (Lipinski definition) is 2. The summed E-state index contributed by atoms with van der Waals surface area (Å²) < 4.78 is 12.5. The number of ether oxygens (including phenoxy) is 2. The van der Waals surface area contributed by atoms with Gasteiger partial charge in [0, 0.05) is 13.2 Å². The van der Waals surface area contributed by atoms with Crippen LogP contribution in [0.5, 0.6) is 5.75 Å². The number of carbonyl (C=O) groups excluding carboxylic acids is 1. The summed E-state index contributed by atoms with van der Waals surface area (Å²) in [5.41, 5.74) is 9.72. The summed E-state index contributed by atoms with van der Waals surface area (Å²) >= 11 is 6.36. The van der Waals surface area contributed by atoms with Gasteiger partial charge < -0.3 is 20.5 Å². The van der Waals surface area contributed by atoms with Crippen molar-refractivity contribution in [2.75, 3.05) is 26.0 Å². The maximum Gasteiger partial charge on any atom is 0.257 e. The number of nitrogens with zero attached hydrogens (tertiary/aromatic N) is 3. The maximum absolute atomic E-state index is 13.2. The van der Waals surface area contributed by atoms with Crippen LogP contribution in [0.2, 0.25) is 5.02 Å². The summed E-state index contributed by atoms with van der Waals surface area (Å²) in [5.74, 6) is 0.455. The Balaban J connectivity index is 1.79. The number of hydrogen-bond acceptors (Lipinski definition) is 6. The van der Waals surface area contributed by atoms with Gasteiger partial charge in [-0.2, -0.15) is 0 Å². The second-order valence-corrected chi connectivity index (χ2v) is 8.24. The molecular formula is C24H26ClN5O3. The van der Waals surface area contributed by atoms with Crippen LogP contribution in [0.3, 0.4) is 0 Å². The topological polar surface area (TPSA) is 104 Å². The zero-order chi connectivity index (χ0) is 23.5. The van der Waals surface area contributed by atoms with Crippen molar-refractivity contribution in [3.8, 4) is 11.4 Å². The number of nitrogens with one attached hydrogen (secondary N) is 1. The Morgan fingerprint density at radius 2 is 1.91 bits per heavy atom. The van der Waals surface area contributed by atoms with Crippen LogP contribution in [0.4, 0.5) is 5.82 Å². The molecule has 1 amide bonds. The second-order valence-electron chi connectivity index (χ2n) is 7.83. The number of methoxy groups -OCH3 is 1. The van der Waals surface area contributed by atoms with E-state index in [9.17, 15) is 4.79 Å². The highest BCUT2D eigenvalue weighted by Crippen LogP contribution is 2.34. The molecule has 4 rings (SSSR count). The standard InChI is InChI=1S/C24H26ClN5O3/c1-14(2)33-12-6-11-27-24(31)20-21-23(29-18-8-5-4-7-17(18)28-21)30(22(20)26)15-9-10-19(32-3)16(25)13-15/h4-5,7-10,13-14H,6,11-12,26H2,1-3H3,(H,27,31). The highest BCUT2D eigenvalue weighted by Gasteiger charge is 2.25. The molecule has 9 heteroatoms. The molecule has 0 radical (unpaired) electrons. The molecule has 33 heavy (non-hydrogen) atoms. The van der Waals surface area contributed by atoms with E-state index in [1.165, 1.54) is 0 Å². The van der Waals surface area contributed by atoms with E-state index in [0.717, 1.165) is 0 Å². The first-order chi connectivity index (χ1) is 15.9. The fraction of sp³-hybridized carbons (Fsp3) is 0.292. The largest absolute Gasteiger partial charge is 0.495 e. The van der Waals surface area contributed by atoms with Crippen molar-refractivity contribution in [3.05, 3.63) is 53.1 Å². The van der Waals surface area contributed by atoms with Gasteiger partial charge in [-0.3, -0.25) is 9.36 Å². The lowest BCUT2D eigenvalue weighted by molar-refractivity contribution is 0.0757. The molecule has 0 saturated carbocycles. The smallest absolute Gasteiger partial charge is 0.257 e. The number of carbonyl (C=O) groups is 1. The van der Waals surface area contributed by atoms with E-state index < -0.39 is 0 Å². The van der Waals surface area contributed by atoms with E-state index in [-0.39, 0.29) is 23.4 Å². The van der Waals surface area contributed by atoms with E-state index in [0.29, 0.717) is 58.2 Å². The number of amides is 1. The average molecular weight is 468 g/mol. The van der Waals surface area contributed by atoms with Crippen LogP contribution in [0.25, 0.3) is 27.9 Å². The van der Waals surface area contributed by atoms with Crippen LogP contribution in [0.1, 0.15) is 30.6 Å². The van der Waals surface area contributed by atoms with Crippen molar-refractivity contribution in [2.45, 2.75) is 26.4 Å². The van der Waals surface area contributed by atoms with Crippen LogP contribution in [-0.4, -0.2) is 46.8 Å². The molecule has 0 spiro atoms. The number of para-hydroxylation sites is 2. The van der Waals surface area contributed by atoms with Gasteiger partial charge in [0.1, 0.15) is 22.6 Å². The van der Waals surface area contributed by atoms with Gasteiger partial charge in [0.25, 0.3) is 5.91 Å². The van der Waals surface area contributed by atoms with Gasteiger partial charge in [0.2, 0.25) is 0 Å². The molecule has 0 atom stereocenters. The van der Waals surface area contributed by atoms with Gasteiger partial charge in [-0.25, -0.2) is 9.97 Å². The first-order valence-corrected chi connectivity index (χ1v) is 11.1. The Bertz CT molecular complexity index is 1320. The highest BCUT2D eigenvalue weighted by molar-refractivity contribution is 6.32. The summed E-state index contributed by atoms with van der Waals surface area (Å²) in [4.78, 5) is 22.7. The Hall–Kier alpha value is -3.36. The summed E-state index contributed by atoms with van der Waals surface area (Å²) in [6.45, 7) is 4.96. The number of benzene rings is 2. The molecule has 2 aromatic carbocycles. The molecule has 0 unspecified atom stereocenters. The van der Waals surface area contributed by atoms with E-state index in [4.69, 9.17) is 36.8 Å². The van der Waals surface area contributed by atoms with Gasteiger partial charge in [0.15, 0.2) is 5.65 Å². The van der Waals surface area contributed by atoms with Crippen LogP contribution in [0, 0.1) is 0 Å². The highest BCUT2D eigenvalue weighted by atomic mass is 35.5. The lowest BCUT2D eigenvalue weighted by Gasteiger charge is -2.11. The van der Waals surface area contributed by atoms with Crippen molar-refractivity contribution in [1.82, 2.24) is 19.9 Å². The summed E-state index contributed by atoms with van der Waals surface area (Å²) in [5, 5.41) is 3.34. The Kier molecular flexibility index (Phi) is 6.67. The van der Waals surface area contributed by atoms with Crippen LogP contribution in [0.15, 0.2) is 42.5 Å². The van der Waals surface area contributed by atoms with E-state index in [1.807, 2.05) is 44.2 Å². The molecule has 0 aliphatic rings. The number of fused-ring (bicyclic) bond motifs is 2. The van der Waals surface area contributed by atoms with Crippen LogP contribution >= 0.6 is 11.6 Å². The molecule has 3 N–H and O–H groups in total. The normalized spacial score (nSPS) is 11.4. The summed E-state index contributed by atoms with van der Waals surface area (Å²) in [6.07, 6.45) is 0.833. The zero-order valence-corrected chi connectivity index (χ0v) is 19.5. The SMILES string of the molecule is COc1ccc(-n2c(N)c(C(=O)NCCCOC(C)C)c3nc4ccccc4nc32)cc1Cl. The molecule has 0 fully saturated rings. The minimum atomic E-state index is -0.315. The van der Waals surface area contributed by atoms with Crippen molar-refractivity contribution < 1.29 is 14.3 Å². The molecule has 172 valence electrons. The third-order valence-electron chi connectivity index (χ3n) is 5.18. The summed E-state index contributed by atoms with van der Waals surface area (Å²) in [7, 11) is 1.55. The molecule has 0 aliphatic heterocycles. The predicted molar refractivity (Wildman–Crippen MR) is 130 cm³/mol. The van der Waals surface area contributed by atoms with Crippen molar-refractivity contribution >= 4 is 45.5 Å². The minimum Gasteiger partial charge on any atom is -0.495 e. The lowest BCUT2D eigenvalue weighted by atomic mass is 10.2. The number of halogens is 1. The minimum absolute atomic E-state index is 0.147. The number of nitrogens with two attached hydrogens (primary N) is 1. The third kappa shape index (κ3) is 4.58. The zero-order valence-electron chi connectivity index (χ0n) is 18.8. The molecule has 0 aliphatic carbocycles. The summed E-state index contributed by atoms with van der Waals surface area (Å²) in [6, 6.07) is 12.7. The Morgan fingerprint density at radius 1 is 1.18 bits per heavy atom. The van der Waals surface area contributed by atoms with Crippen molar-refractivity contribution in [1.29, 1.82) is 0 Å². The van der Waals surface area contributed by atoms with E-state index in [2.05, 4.69) is 5.32 Å². The average Bonchev–Trinajstić information content (AvgIpc) is 3.07. The van der Waals surface area contributed by atoms with Crippen LogP contribution in [-0.2, 0) is 4.74 Å². The fourth-order valence-electron chi connectivity index (χ4n) is 3.62. The predicted octanol–water partition coefficient (Wildman–Crippen LogP) is 4.36. The van der Waals surface area contributed by atoms with Gasteiger partial charge >= 0.3 is 0 Å². The first kappa shape index (κ1) is 22.8. The molecular weight excluding hydrogens is 442 g/mol. The maximum atomic E-state index is 13.2. The van der Waals surface area contributed by atoms with E-state index in [1.54, 1.807) is 23.8 Å². The number of anilines is 1. The third-order valence-corrected chi connectivity index (χ3v) is 5.47.